The van der Waals surface area contributed by atoms with E-state index in [2.05, 4.69) is 15.5 Å². The fourth-order valence-corrected chi connectivity index (χ4v) is 1.80. The molecule has 0 radical (unpaired) electrons. The number of benzene rings is 1. The summed E-state index contributed by atoms with van der Waals surface area (Å²) < 4.78 is 5.38. The van der Waals surface area contributed by atoms with Crippen LogP contribution in [0.5, 0.6) is 0 Å². The molecule has 8 heteroatoms. The third-order valence-corrected chi connectivity index (χ3v) is 2.89. The molecule has 2 aromatic rings. The van der Waals surface area contributed by atoms with Crippen LogP contribution in [0.4, 0.5) is 11.7 Å². The summed E-state index contributed by atoms with van der Waals surface area (Å²) in [6, 6.07) is 4.83. The highest BCUT2D eigenvalue weighted by Gasteiger charge is 2.13. The molecule has 0 unspecified atom stereocenters. The molecule has 0 saturated heterocycles. The monoisotopic (exact) mass is 296 g/mol. The molecule has 0 aliphatic rings. The van der Waals surface area contributed by atoms with Gasteiger partial charge in [-0.3, -0.25) is 10.1 Å². The van der Waals surface area contributed by atoms with E-state index in [0.29, 0.717) is 18.5 Å². The van der Waals surface area contributed by atoms with Crippen LogP contribution in [0.25, 0.3) is 0 Å². The molecular weight excluding hydrogens is 284 g/mol. The largest absolute Gasteiger partial charge is 0.408 e. The summed E-state index contributed by atoms with van der Waals surface area (Å²) in [6.07, 6.45) is 0. The summed E-state index contributed by atoms with van der Waals surface area (Å²) in [5, 5.41) is 21.4. The molecule has 7 nitrogen and oxygen atoms in total. The smallest absolute Gasteiger partial charge is 0.315 e. The maximum absolute atomic E-state index is 10.7. The molecule has 0 saturated carbocycles. The quantitative estimate of drug-likeness (QED) is 0.671. The Labute approximate surface area is 120 Å². The summed E-state index contributed by atoms with van der Waals surface area (Å²) >= 11 is 5.83. The molecule has 20 heavy (non-hydrogen) atoms. The third kappa shape index (κ3) is 3.24. The zero-order valence-electron chi connectivity index (χ0n) is 11.0. The summed E-state index contributed by atoms with van der Waals surface area (Å²) in [4.78, 5) is 10.1. The van der Waals surface area contributed by atoms with E-state index >= 15 is 0 Å². The number of halogens is 1. The molecule has 1 heterocycles. The Morgan fingerprint density at radius 2 is 2.20 bits per heavy atom. The number of nitro benzene ring substituents is 1. The third-order valence-electron chi connectivity index (χ3n) is 2.59. The van der Waals surface area contributed by atoms with E-state index < -0.39 is 4.92 Å². The Bertz CT molecular complexity index is 627. The van der Waals surface area contributed by atoms with Crippen LogP contribution in [-0.2, 0) is 6.54 Å². The van der Waals surface area contributed by atoms with Crippen LogP contribution in [0.2, 0.25) is 5.02 Å². The maximum atomic E-state index is 10.7. The predicted molar refractivity (Wildman–Crippen MR) is 73.8 cm³/mol. The topological polar surface area (TPSA) is 94.1 Å². The van der Waals surface area contributed by atoms with E-state index in [9.17, 15) is 10.1 Å². The van der Waals surface area contributed by atoms with Gasteiger partial charge < -0.3 is 9.73 Å². The summed E-state index contributed by atoms with van der Waals surface area (Å²) in [5.74, 6) is 0.709. The number of hydrogen-bond donors (Lipinski definition) is 1. The van der Waals surface area contributed by atoms with Crippen molar-refractivity contribution in [3.05, 3.63) is 44.8 Å². The van der Waals surface area contributed by atoms with Gasteiger partial charge in [0.2, 0.25) is 5.89 Å². The summed E-state index contributed by atoms with van der Waals surface area (Å²) in [6.45, 7) is 4.29. The molecule has 106 valence electrons. The first-order chi connectivity index (χ1) is 9.47. The molecule has 0 bridgehead atoms. The van der Waals surface area contributed by atoms with Gasteiger partial charge in [-0.05, 0) is 11.6 Å². The number of hydrogen-bond acceptors (Lipinski definition) is 6. The lowest BCUT2D eigenvalue weighted by molar-refractivity contribution is -0.384. The average Bonchev–Trinajstić information content (AvgIpc) is 2.85. The van der Waals surface area contributed by atoms with Crippen molar-refractivity contribution in [3.8, 4) is 0 Å². The van der Waals surface area contributed by atoms with Gasteiger partial charge in [-0.15, -0.1) is 5.10 Å². The van der Waals surface area contributed by atoms with Crippen molar-refractivity contribution >= 4 is 23.3 Å². The number of anilines is 1. The minimum atomic E-state index is -0.521. The minimum absolute atomic E-state index is 0.0997. The standard InChI is InChI=1S/C12H13ClN4O3/c1-7(2)11-15-16-12(20-11)14-6-8-3-4-10(17(18)19)9(13)5-8/h3-5,7H,6H2,1-2H3,(H,14,16). The van der Waals surface area contributed by atoms with Crippen molar-refractivity contribution in [3.63, 3.8) is 0 Å². The lowest BCUT2D eigenvalue weighted by Crippen LogP contribution is -2.00. The van der Waals surface area contributed by atoms with E-state index in [0.717, 1.165) is 5.56 Å². The van der Waals surface area contributed by atoms with Gasteiger partial charge in [0.25, 0.3) is 5.69 Å². The van der Waals surface area contributed by atoms with Crippen molar-refractivity contribution in [1.29, 1.82) is 0 Å². The van der Waals surface area contributed by atoms with E-state index in [4.69, 9.17) is 16.0 Å². The molecule has 1 aromatic heterocycles. The van der Waals surface area contributed by atoms with Gasteiger partial charge in [-0.2, -0.15) is 0 Å². The molecule has 2 rings (SSSR count). The second kappa shape index (κ2) is 5.87. The van der Waals surface area contributed by atoms with Gasteiger partial charge in [0, 0.05) is 18.5 Å². The van der Waals surface area contributed by atoms with Gasteiger partial charge in [0.1, 0.15) is 5.02 Å². The van der Waals surface area contributed by atoms with E-state index in [1.54, 1.807) is 6.07 Å². The van der Waals surface area contributed by atoms with Gasteiger partial charge in [-0.1, -0.05) is 36.6 Å². The van der Waals surface area contributed by atoms with E-state index in [1.807, 2.05) is 13.8 Å². The Hall–Kier alpha value is -2.15. The number of nitro groups is 1. The molecule has 0 fully saturated rings. The number of aromatic nitrogens is 2. The van der Waals surface area contributed by atoms with Crippen LogP contribution in [-0.4, -0.2) is 15.1 Å². The highest BCUT2D eigenvalue weighted by Crippen LogP contribution is 2.25. The molecule has 0 atom stereocenters. The van der Waals surface area contributed by atoms with E-state index in [-0.39, 0.29) is 16.6 Å². The lowest BCUT2D eigenvalue weighted by Gasteiger charge is -2.03. The first-order valence-corrected chi connectivity index (χ1v) is 6.35. The Kier molecular flexibility index (Phi) is 4.19. The first-order valence-electron chi connectivity index (χ1n) is 5.97. The molecule has 0 aliphatic carbocycles. The van der Waals surface area contributed by atoms with Crippen molar-refractivity contribution < 1.29 is 9.34 Å². The summed E-state index contributed by atoms with van der Waals surface area (Å²) in [7, 11) is 0. The second-order valence-corrected chi connectivity index (χ2v) is 4.90. The highest BCUT2D eigenvalue weighted by atomic mass is 35.5. The van der Waals surface area contributed by atoms with Gasteiger partial charge in [-0.25, -0.2) is 0 Å². The molecule has 0 amide bonds. The van der Waals surface area contributed by atoms with Crippen molar-refractivity contribution in [2.75, 3.05) is 5.32 Å². The second-order valence-electron chi connectivity index (χ2n) is 4.50. The lowest BCUT2D eigenvalue weighted by atomic mass is 10.2. The van der Waals surface area contributed by atoms with Crippen molar-refractivity contribution in [2.24, 2.45) is 0 Å². The number of nitrogens with zero attached hydrogens (tertiary/aromatic N) is 3. The highest BCUT2D eigenvalue weighted by molar-refractivity contribution is 6.32. The van der Waals surface area contributed by atoms with Crippen LogP contribution in [0.3, 0.4) is 0 Å². The van der Waals surface area contributed by atoms with Gasteiger partial charge >= 0.3 is 6.01 Å². The van der Waals surface area contributed by atoms with E-state index in [1.165, 1.54) is 12.1 Å². The average molecular weight is 297 g/mol. The van der Waals surface area contributed by atoms with Crippen LogP contribution < -0.4 is 5.32 Å². The zero-order valence-corrected chi connectivity index (χ0v) is 11.7. The van der Waals surface area contributed by atoms with Crippen molar-refractivity contribution in [2.45, 2.75) is 26.3 Å². The Morgan fingerprint density at radius 3 is 2.75 bits per heavy atom. The fraction of sp³-hybridized carbons (Fsp3) is 0.333. The molecule has 0 aliphatic heterocycles. The SMILES string of the molecule is CC(C)c1nnc(NCc2ccc([N+](=O)[O-])c(Cl)c2)o1. The molecular formula is C12H13ClN4O3. The normalized spacial score (nSPS) is 10.8. The number of nitrogens with one attached hydrogen (secondary N) is 1. The molecule has 1 N–H and O–H groups in total. The first kappa shape index (κ1) is 14.3. The number of rotatable bonds is 5. The van der Waals surface area contributed by atoms with Crippen LogP contribution in [0.1, 0.15) is 31.2 Å². The van der Waals surface area contributed by atoms with Crippen LogP contribution in [0, 0.1) is 10.1 Å². The van der Waals surface area contributed by atoms with Gasteiger partial charge in [0.05, 0.1) is 4.92 Å². The van der Waals surface area contributed by atoms with Crippen LogP contribution in [0.15, 0.2) is 22.6 Å². The molecule has 0 spiro atoms. The predicted octanol–water partition coefficient (Wildman–Crippen LogP) is 3.37. The van der Waals surface area contributed by atoms with Gasteiger partial charge in [0.15, 0.2) is 0 Å². The van der Waals surface area contributed by atoms with Crippen LogP contribution >= 0.6 is 11.6 Å². The summed E-state index contributed by atoms with van der Waals surface area (Å²) in [5.41, 5.74) is 0.667. The fourth-order valence-electron chi connectivity index (χ4n) is 1.53. The Balaban J connectivity index is 2.03. The van der Waals surface area contributed by atoms with Crippen molar-refractivity contribution in [1.82, 2.24) is 10.2 Å². The minimum Gasteiger partial charge on any atom is -0.408 e. The molecule has 1 aromatic carbocycles. The zero-order chi connectivity index (χ0) is 14.7. The maximum Gasteiger partial charge on any atom is 0.315 e. The Morgan fingerprint density at radius 1 is 1.45 bits per heavy atom.